The standard InChI is InChI=1S/C17H27N4O2.3C4H9.Sn/c1-5-20(6-2)13(3)10-19-17(22)14-7-8-18-16(9-14)21-11-15(12-21)23-4;3*1-3-4-2;/h7,9,13,15H,5-6,10-12H2,1-4H3,(H,19,22);3*1,3-4H2,2H3;. The van der Waals surface area contributed by atoms with Gasteiger partial charge in [0, 0.05) is 0 Å². The molecule has 1 N–H and O–H groups in total. The predicted molar refractivity (Wildman–Crippen MR) is 156 cm³/mol. The fraction of sp³-hybridized carbons (Fsp3) is 0.793. The van der Waals surface area contributed by atoms with Gasteiger partial charge in [0.25, 0.3) is 0 Å². The fourth-order valence-corrected chi connectivity index (χ4v) is 21.0. The Bertz CT molecular complexity index is 759. The molecule has 0 radical (unpaired) electrons. The quantitative estimate of drug-likeness (QED) is 0.225. The Balaban J connectivity index is 2.43. The van der Waals surface area contributed by atoms with Gasteiger partial charge in [0.15, 0.2) is 0 Å². The molecule has 0 aliphatic carbocycles. The maximum atomic E-state index is 13.5. The molecule has 206 valence electrons. The molecule has 0 bridgehead atoms. The van der Waals surface area contributed by atoms with Crippen molar-refractivity contribution in [1.82, 2.24) is 15.2 Å². The number of likely N-dealkylation sites (N-methyl/N-ethyl adjacent to an activating group) is 1. The third-order valence-corrected chi connectivity index (χ3v) is 23.2. The Kier molecular flexibility index (Phi) is 14.1. The van der Waals surface area contributed by atoms with Crippen molar-refractivity contribution in [2.24, 2.45) is 0 Å². The van der Waals surface area contributed by atoms with Crippen LogP contribution in [-0.2, 0) is 4.74 Å². The van der Waals surface area contributed by atoms with Crippen LogP contribution < -0.4 is 13.9 Å². The van der Waals surface area contributed by atoms with Gasteiger partial charge in [0.05, 0.1) is 0 Å². The van der Waals surface area contributed by atoms with Gasteiger partial charge in [0.2, 0.25) is 0 Å². The Morgan fingerprint density at radius 1 is 1.06 bits per heavy atom. The van der Waals surface area contributed by atoms with Gasteiger partial charge in [-0.1, -0.05) is 0 Å². The number of ether oxygens (including phenoxy) is 1. The van der Waals surface area contributed by atoms with Crippen LogP contribution in [-0.4, -0.2) is 86.1 Å². The molecule has 6 nitrogen and oxygen atoms in total. The Morgan fingerprint density at radius 3 is 2.08 bits per heavy atom. The SMILES string of the molecule is CCC[CH2][Sn]([CH2]CCC)([CH2]CCC)[c]1cc(C(=O)NCC(C)N(CC)CC)cc(N2CC(OC)C2)n1. The van der Waals surface area contributed by atoms with Gasteiger partial charge < -0.3 is 0 Å². The fourth-order valence-electron chi connectivity index (χ4n) is 5.48. The summed E-state index contributed by atoms with van der Waals surface area (Å²) in [5.74, 6) is 1.03. The first kappa shape index (κ1) is 31.4. The zero-order valence-corrected chi connectivity index (χ0v) is 27.2. The summed E-state index contributed by atoms with van der Waals surface area (Å²) < 4.78 is 10.9. The van der Waals surface area contributed by atoms with Crippen LogP contribution in [0.5, 0.6) is 0 Å². The first-order valence-electron chi connectivity index (χ1n) is 14.7. The number of hydrogen-bond acceptors (Lipinski definition) is 5. The van der Waals surface area contributed by atoms with Crippen LogP contribution in [0.4, 0.5) is 5.82 Å². The monoisotopic (exact) mass is 610 g/mol. The van der Waals surface area contributed by atoms with Crippen LogP contribution in [0.15, 0.2) is 12.1 Å². The molecule has 1 amide bonds. The van der Waals surface area contributed by atoms with E-state index in [1.54, 1.807) is 7.11 Å². The van der Waals surface area contributed by atoms with Gasteiger partial charge >= 0.3 is 226 Å². The average molecular weight is 609 g/mol. The van der Waals surface area contributed by atoms with Crippen molar-refractivity contribution in [1.29, 1.82) is 0 Å². The number of rotatable bonds is 18. The third-order valence-electron chi connectivity index (χ3n) is 8.14. The van der Waals surface area contributed by atoms with Crippen molar-refractivity contribution in [3.8, 4) is 0 Å². The molecule has 1 aliphatic rings. The van der Waals surface area contributed by atoms with E-state index in [9.17, 15) is 4.79 Å². The van der Waals surface area contributed by atoms with Crippen molar-refractivity contribution in [3.05, 3.63) is 17.7 Å². The zero-order chi connectivity index (χ0) is 26.6. The zero-order valence-electron chi connectivity index (χ0n) is 24.4. The van der Waals surface area contributed by atoms with Crippen LogP contribution in [0.3, 0.4) is 0 Å². The second-order valence-corrected chi connectivity index (χ2v) is 23.8. The summed E-state index contributed by atoms with van der Waals surface area (Å²) in [6, 6.07) is 4.56. The Hall–Kier alpha value is -0.861. The minimum atomic E-state index is -2.79. The van der Waals surface area contributed by atoms with Crippen LogP contribution >= 0.6 is 0 Å². The molecule has 7 heteroatoms. The molecule has 1 unspecified atom stereocenters. The minimum absolute atomic E-state index is 0.0457. The molecule has 1 aromatic rings. The number of hydrogen-bond donors (Lipinski definition) is 1. The van der Waals surface area contributed by atoms with Gasteiger partial charge in [0.1, 0.15) is 0 Å². The van der Waals surface area contributed by atoms with E-state index < -0.39 is 18.4 Å². The molecule has 1 saturated heterocycles. The number of nitrogens with zero attached hydrogens (tertiary/aromatic N) is 3. The van der Waals surface area contributed by atoms with Crippen LogP contribution in [0.1, 0.15) is 90.4 Å². The van der Waals surface area contributed by atoms with Crippen molar-refractivity contribution < 1.29 is 9.53 Å². The number of carbonyl (C=O) groups is 1. The van der Waals surface area contributed by atoms with E-state index in [1.807, 2.05) is 6.07 Å². The van der Waals surface area contributed by atoms with E-state index >= 15 is 0 Å². The topological polar surface area (TPSA) is 57.7 Å². The van der Waals surface area contributed by atoms with Crippen molar-refractivity contribution >= 4 is 33.8 Å². The van der Waals surface area contributed by atoms with Gasteiger partial charge in [-0.3, -0.25) is 0 Å². The van der Waals surface area contributed by atoms with Crippen molar-refractivity contribution in [2.75, 3.05) is 44.7 Å². The molecule has 0 saturated carbocycles. The van der Waals surface area contributed by atoms with Gasteiger partial charge in [-0.15, -0.1) is 0 Å². The molecule has 0 spiro atoms. The van der Waals surface area contributed by atoms with Gasteiger partial charge in [-0.25, -0.2) is 0 Å². The Labute approximate surface area is 225 Å². The summed E-state index contributed by atoms with van der Waals surface area (Å²) in [4.78, 5) is 23.5. The number of methoxy groups -OCH3 is 1. The molecule has 1 fully saturated rings. The van der Waals surface area contributed by atoms with E-state index in [4.69, 9.17) is 9.72 Å². The molecule has 1 atom stereocenters. The summed E-state index contributed by atoms with van der Waals surface area (Å²) in [5, 5.41) is 3.25. The summed E-state index contributed by atoms with van der Waals surface area (Å²) in [6.07, 6.45) is 7.81. The molecule has 1 aromatic heterocycles. The van der Waals surface area contributed by atoms with Crippen LogP contribution in [0, 0.1) is 0 Å². The van der Waals surface area contributed by atoms with Crippen molar-refractivity contribution in [3.63, 3.8) is 0 Å². The molecule has 1 aliphatic heterocycles. The summed E-state index contributed by atoms with van der Waals surface area (Å²) >= 11 is -2.79. The van der Waals surface area contributed by atoms with Crippen molar-refractivity contribution in [2.45, 2.75) is 106 Å². The molecule has 2 heterocycles. The van der Waals surface area contributed by atoms with Crippen LogP contribution in [0.2, 0.25) is 13.3 Å². The molecular formula is C29H54N4O2Sn. The molecule has 0 aromatic carbocycles. The summed E-state index contributed by atoms with van der Waals surface area (Å²) in [6.45, 7) is 17.8. The third kappa shape index (κ3) is 8.59. The summed E-state index contributed by atoms with van der Waals surface area (Å²) in [5.41, 5.74) is 0.799. The number of unbranched alkanes of at least 4 members (excludes halogenated alkanes) is 3. The molecule has 36 heavy (non-hydrogen) atoms. The van der Waals surface area contributed by atoms with Gasteiger partial charge in [-0.05, 0) is 0 Å². The summed E-state index contributed by atoms with van der Waals surface area (Å²) in [7, 11) is 1.78. The van der Waals surface area contributed by atoms with E-state index in [-0.39, 0.29) is 12.0 Å². The first-order chi connectivity index (χ1) is 17.4. The van der Waals surface area contributed by atoms with E-state index in [0.29, 0.717) is 12.6 Å². The number of pyridine rings is 1. The second kappa shape index (κ2) is 16.2. The molecular weight excluding hydrogens is 555 g/mol. The number of nitrogens with one attached hydrogen (secondary N) is 1. The van der Waals surface area contributed by atoms with E-state index in [1.165, 1.54) is 55.5 Å². The number of anilines is 1. The van der Waals surface area contributed by atoms with E-state index in [2.05, 4.69) is 62.7 Å². The number of carbonyl (C=O) groups excluding carboxylic acids is 1. The molecule has 2 rings (SSSR count). The maximum absolute atomic E-state index is 13.5. The normalized spacial score (nSPS) is 15.3. The second-order valence-electron chi connectivity index (χ2n) is 10.7. The first-order valence-corrected chi connectivity index (χ1v) is 22.2. The Morgan fingerprint density at radius 2 is 1.61 bits per heavy atom. The van der Waals surface area contributed by atoms with E-state index in [0.717, 1.165) is 37.6 Å². The number of aromatic nitrogens is 1. The average Bonchev–Trinajstić information content (AvgIpc) is 2.87. The predicted octanol–water partition coefficient (Wildman–Crippen LogP) is 5.43. The van der Waals surface area contributed by atoms with Gasteiger partial charge in [-0.2, -0.15) is 0 Å². The number of amides is 1. The van der Waals surface area contributed by atoms with Crippen LogP contribution in [0.25, 0.3) is 0 Å².